The van der Waals surface area contributed by atoms with E-state index < -0.39 is 0 Å². The third-order valence-corrected chi connectivity index (χ3v) is 4.22. The number of hydrogen-bond donors (Lipinski definition) is 2. The number of aliphatic hydroxyl groups excluding tert-OH is 1. The molecule has 0 aromatic carbocycles. The zero-order chi connectivity index (χ0) is 12.0. The minimum absolute atomic E-state index is 0.182. The van der Waals surface area contributed by atoms with E-state index in [1.54, 1.807) is 18.4 Å². The molecule has 1 aromatic rings. The summed E-state index contributed by atoms with van der Waals surface area (Å²) >= 11 is 5.17. The van der Waals surface area contributed by atoms with Gasteiger partial charge in [-0.05, 0) is 35.3 Å². The molecule has 0 saturated heterocycles. The molecule has 0 aliphatic heterocycles. The van der Waals surface area contributed by atoms with Crippen molar-refractivity contribution in [2.24, 2.45) is 0 Å². The second-order valence-corrected chi connectivity index (χ2v) is 5.58. The molecular weight excluding hydrogens is 290 g/mol. The zero-order valence-corrected chi connectivity index (χ0v) is 12.0. The van der Waals surface area contributed by atoms with Crippen LogP contribution in [0.5, 0.6) is 0 Å². The molecule has 0 bridgehead atoms. The summed E-state index contributed by atoms with van der Waals surface area (Å²) in [6.07, 6.45) is 0.713. The Labute approximate surface area is 109 Å². The molecule has 0 aliphatic carbocycles. The molecule has 0 saturated carbocycles. The number of aliphatic hydroxyl groups is 1. The Hall–Kier alpha value is 0.0600. The number of halogens is 1. The largest absolute Gasteiger partial charge is 0.396 e. The van der Waals surface area contributed by atoms with Gasteiger partial charge in [0.25, 0.3) is 0 Å². The second kappa shape index (κ2) is 7.40. The van der Waals surface area contributed by atoms with Gasteiger partial charge in [0.05, 0.1) is 6.61 Å². The number of methoxy groups -OCH3 is 1. The van der Waals surface area contributed by atoms with Crippen molar-refractivity contribution >= 4 is 27.3 Å². The minimum Gasteiger partial charge on any atom is -0.396 e. The van der Waals surface area contributed by atoms with Gasteiger partial charge in [0.1, 0.15) is 0 Å². The van der Waals surface area contributed by atoms with Crippen LogP contribution in [0, 0.1) is 0 Å². The second-order valence-electron chi connectivity index (χ2n) is 3.72. The molecule has 2 atom stereocenters. The SMILES string of the molecule is COCC(CCO)NC(C)c1cc(Br)cs1. The molecule has 3 nitrogen and oxygen atoms in total. The quantitative estimate of drug-likeness (QED) is 0.813. The van der Waals surface area contributed by atoms with Crippen molar-refractivity contribution in [3.63, 3.8) is 0 Å². The fourth-order valence-electron chi connectivity index (χ4n) is 1.56. The first-order chi connectivity index (χ1) is 7.67. The van der Waals surface area contributed by atoms with Crippen LogP contribution in [0.1, 0.15) is 24.3 Å². The monoisotopic (exact) mass is 307 g/mol. The molecule has 16 heavy (non-hydrogen) atoms. The lowest BCUT2D eigenvalue weighted by molar-refractivity contribution is 0.144. The van der Waals surface area contributed by atoms with Crippen molar-refractivity contribution in [1.82, 2.24) is 5.32 Å². The molecule has 5 heteroatoms. The number of ether oxygens (including phenoxy) is 1. The smallest absolute Gasteiger partial charge is 0.0616 e. The highest BCUT2D eigenvalue weighted by Crippen LogP contribution is 2.25. The standard InChI is InChI=1S/C11H18BrNO2S/c1-8(11-5-9(12)7-16-11)13-10(3-4-14)6-15-2/h5,7-8,10,13-14H,3-4,6H2,1-2H3. The highest BCUT2D eigenvalue weighted by Gasteiger charge is 2.14. The van der Waals surface area contributed by atoms with Gasteiger partial charge in [0.15, 0.2) is 0 Å². The molecule has 1 aromatic heterocycles. The van der Waals surface area contributed by atoms with Gasteiger partial charge < -0.3 is 15.2 Å². The molecule has 0 fully saturated rings. The summed E-state index contributed by atoms with van der Waals surface area (Å²) in [6.45, 7) is 2.93. The molecule has 0 radical (unpaired) electrons. The van der Waals surface area contributed by atoms with Crippen LogP contribution in [0.3, 0.4) is 0 Å². The normalized spacial score (nSPS) is 15.0. The Morgan fingerprint density at radius 1 is 1.62 bits per heavy atom. The Morgan fingerprint density at radius 3 is 2.88 bits per heavy atom. The Morgan fingerprint density at radius 2 is 2.38 bits per heavy atom. The third kappa shape index (κ3) is 4.51. The number of rotatable bonds is 7. The van der Waals surface area contributed by atoms with Gasteiger partial charge in [-0.3, -0.25) is 0 Å². The van der Waals surface area contributed by atoms with Gasteiger partial charge in [-0.1, -0.05) is 0 Å². The number of thiophene rings is 1. The topological polar surface area (TPSA) is 41.5 Å². The zero-order valence-electron chi connectivity index (χ0n) is 9.57. The van der Waals surface area contributed by atoms with E-state index >= 15 is 0 Å². The Kier molecular flexibility index (Phi) is 6.53. The van der Waals surface area contributed by atoms with E-state index in [1.807, 2.05) is 0 Å². The van der Waals surface area contributed by atoms with E-state index in [0.29, 0.717) is 13.0 Å². The fourth-order valence-corrected chi connectivity index (χ4v) is 3.03. The van der Waals surface area contributed by atoms with Crippen molar-refractivity contribution in [3.05, 3.63) is 20.8 Å². The molecule has 0 aliphatic rings. The minimum atomic E-state index is 0.182. The lowest BCUT2D eigenvalue weighted by Crippen LogP contribution is -2.35. The molecule has 2 unspecified atom stereocenters. The molecule has 0 amide bonds. The van der Waals surface area contributed by atoms with E-state index in [2.05, 4.69) is 39.6 Å². The summed E-state index contributed by atoms with van der Waals surface area (Å²) in [6, 6.07) is 2.60. The maximum absolute atomic E-state index is 8.95. The first kappa shape index (κ1) is 14.1. The summed E-state index contributed by atoms with van der Waals surface area (Å²) < 4.78 is 6.24. The third-order valence-electron chi connectivity index (χ3n) is 2.35. The summed E-state index contributed by atoms with van der Waals surface area (Å²) in [5, 5.41) is 14.5. The van der Waals surface area contributed by atoms with Gasteiger partial charge in [0.2, 0.25) is 0 Å². The fraction of sp³-hybridized carbons (Fsp3) is 0.636. The van der Waals surface area contributed by atoms with Gasteiger partial charge in [0, 0.05) is 40.5 Å². The van der Waals surface area contributed by atoms with Crippen molar-refractivity contribution in [1.29, 1.82) is 0 Å². The van der Waals surface area contributed by atoms with Crippen LogP contribution in [0.4, 0.5) is 0 Å². The van der Waals surface area contributed by atoms with Crippen LogP contribution in [0.2, 0.25) is 0 Å². The van der Waals surface area contributed by atoms with E-state index in [9.17, 15) is 0 Å². The Balaban J connectivity index is 2.50. The highest BCUT2D eigenvalue weighted by molar-refractivity contribution is 9.10. The van der Waals surface area contributed by atoms with Crippen LogP contribution in [-0.2, 0) is 4.74 Å². The average Bonchev–Trinajstić information content (AvgIpc) is 2.65. The van der Waals surface area contributed by atoms with E-state index in [1.165, 1.54) is 4.88 Å². The van der Waals surface area contributed by atoms with Crippen LogP contribution in [0.15, 0.2) is 15.9 Å². The van der Waals surface area contributed by atoms with Crippen molar-refractivity contribution in [3.8, 4) is 0 Å². The van der Waals surface area contributed by atoms with Crippen molar-refractivity contribution in [2.45, 2.75) is 25.4 Å². The van der Waals surface area contributed by atoms with Gasteiger partial charge in [-0.25, -0.2) is 0 Å². The van der Waals surface area contributed by atoms with Gasteiger partial charge in [-0.2, -0.15) is 0 Å². The molecular formula is C11H18BrNO2S. The maximum Gasteiger partial charge on any atom is 0.0616 e. The van der Waals surface area contributed by atoms with Crippen LogP contribution in [0.25, 0.3) is 0 Å². The van der Waals surface area contributed by atoms with Crippen molar-refractivity contribution < 1.29 is 9.84 Å². The van der Waals surface area contributed by atoms with Gasteiger partial charge in [-0.15, -0.1) is 11.3 Å². The summed E-state index contributed by atoms with van der Waals surface area (Å²) in [4.78, 5) is 1.28. The predicted molar refractivity (Wildman–Crippen MR) is 70.9 cm³/mol. The molecule has 2 N–H and O–H groups in total. The summed E-state index contributed by atoms with van der Waals surface area (Å²) in [7, 11) is 1.68. The predicted octanol–water partition coefficient (Wildman–Crippen LogP) is 2.56. The van der Waals surface area contributed by atoms with E-state index in [4.69, 9.17) is 9.84 Å². The van der Waals surface area contributed by atoms with Crippen molar-refractivity contribution in [2.75, 3.05) is 20.3 Å². The summed E-state index contributed by atoms with van der Waals surface area (Å²) in [5.74, 6) is 0. The van der Waals surface area contributed by atoms with Crippen LogP contribution < -0.4 is 5.32 Å². The molecule has 0 spiro atoms. The Bertz CT molecular complexity index is 300. The number of hydrogen-bond acceptors (Lipinski definition) is 4. The van der Waals surface area contributed by atoms with Crippen LogP contribution >= 0.6 is 27.3 Å². The molecule has 1 rings (SSSR count). The van der Waals surface area contributed by atoms with Gasteiger partial charge >= 0.3 is 0 Å². The first-order valence-corrected chi connectivity index (χ1v) is 6.94. The highest BCUT2D eigenvalue weighted by atomic mass is 79.9. The lowest BCUT2D eigenvalue weighted by Gasteiger charge is -2.21. The number of nitrogens with one attached hydrogen (secondary N) is 1. The van der Waals surface area contributed by atoms with Crippen LogP contribution in [-0.4, -0.2) is 31.5 Å². The first-order valence-electron chi connectivity index (χ1n) is 5.27. The van der Waals surface area contributed by atoms with E-state index in [-0.39, 0.29) is 18.7 Å². The molecule has 1 heterocycles. The maximum atomic E-state index is 8.95. The molecule has 92 valence electrons. The average molecular weight is 308 g/mol. The van der Waals surface area contributed by atoms with E-state index in [0.717, 1.165) is 4.47 Å². The lowest BCUT2D eigenvalue weighted by atomic mass is 10.2. The summed E-state index contributed by atoms with van der Waals surface area (Å²) in [5.41, 5.74) is 0.